The highest BCUT2D eigenvalue weighted by molar-refractivity contribution is 7.80. The highest BCUT2D eigenvalue weighted by atomic mass is 35.5. The lowest BCUT2D eigenvalue weighted by molar-refractivity contribution is 0.847. The second-order valence-corrected chi connectivity index (χ2v) is 7.04. The second kappa shape index (κ2) is 9.15. The normalized spacial score (nSPS) is 10.1. The van der Waals surface area contributed by atoms with Crippen LogP contribution in [-0.4, -0.2) is 19.8 Å². The fourth-order valence-electron chi connectivity index (χ4n) is 1.95. The Balaban J connectivity index is 0.000000511. The Morgan fingerprint density at radius 2 is 1.68 bits per heavy atom. The summed E-state index contributed by atoms with van der Waals surface area (Å²) in [4.78, 5) is 4.80. The molecule has 0 radical (unpaired) electrons. The van der Waals surface area contributed by atoms with Crippen molar-refractivity contribution in [2.45, 2.75) is 13.3 Å². The summed E-state index contributed by atoms with van der Waals surface area (Å²) < 4.78 is 1.64. The van der Waals surface area contributed by atoms with E-state index in [4.69, 9.17) is 40.5 Å². The van der Waals surface area contributed by atoms with Gasteiger partial charge in [-0.1, -0.05) is 59.2 Å². The molecule has 25 heavy (non-hydrogen) atoms. The number of halogens is 3. The van der Waals surface area contributed by atoms with Crippen molar-refractivity contribution in [3.63, 3.8) is 0 Å². The molecule has 8 heteroatoms. The molecule has 2 aromatic carbocycles. The van der Waals surface area contributed by atoms with E-state index in [1.807, 2.05) is 30.3 Å². The smallest absolute Gasteiger partial charge is 0.155 e. The Hall–Kier alpha value is -1.66. The zero-order valence-corrected chi connectivity index (χ0v) is 16.4. The van der Waals surface area contributed by atoms with E-state index in [2.05, 4.69) is 22.3 Å². The largest absolute Gasteiger partial charge is 0.394 e. The fourth-order valence-corrected chi connectivity index (χ4v) is 2.57. The van der Waals surface area contributed by atoms with Gasteiger partial charge in [0.15, 0.2) is 5.82 Å². The van der Waals surface area contributed by atoms with Gasteiger partial charge in [0, 0.05) is 16.5 Å². The van der Waals surface area contributed by atoms with Gasteiger partial charge in [-0.2, -0.15) is 5.10 Å². The quantitative estimate of drug-likeness (QED) is 0.606. The molecule has 0 saturated heterocycles. The topological polar surface area (TPSA) is 56.7 Å². The SMILES string of the molecule is CC(N)=S.Clc1ccc(Cc2ncn(-c3ccc(Cl)cc3Cl)n2)cc1. The molecule has 130 valence electrons. The average Bonchev–Trinajstić information content (AvgIpc) is 2.97. The van der Waals surface area contributed by atoms with Crippen LogP contribution in [0.25, 0.3) is 5.69 Å². The third kappa shape index (κ3) is 6.29. The Morgan fingerprint density at radius 1 is 1.08 bits per heavy atom. The predicted molar refractivity (Wildman–Crippen MR) is 108 cm³/mol. The van der Waals surface area contributed by atoms with Crippen molar-refractivity contribution in [2.24, 2.45) is 5.73 Å². The van der Waals surface area contributed by atoms with Gasteiger partial charge >= 0.3 is 0 Å². The molecule has 2 N–H and O–H groups in total. The molecular weight excluding hydrogens is 399 g/mol. The van der Waals surface area contributed by atoms with E-state index in [-0.39, 0.29) is 0 Å². The van der Waals surface area contributed by atoms with Crippen molar-refractivity contribution in [3.05, 3.63) is 75.2 Å². The Morgan fingerprint density at radius 3 is 2.28 bits per heavy atom. The van der Waals surface area contributed by atoms with E-state index in [9.17, 15) is 0 Å². The average molecular weight is 414 g/mol. The van der Waals surface area contributed by atoms with Gasteiger partial charge in [-0.3, -0.25) is 0 Å². The molecule has 0 atom stereocenters. The van der Waals surface area contributed by atoms with Crippen molar-refractivity contribution < 1.29 is 0 Å². The summed E-state index contributed by atoms with van der Waals surface area (Å²) in [7, 11) is 0. The minimum atomic E-state index is 0.500. The Bertz CT molecular complexity index is 859. The molecule has 0 unspecified atom stereocenters. The first kappa shape index (κ1) is 19.7. The molecule has 0 saturated carbocycles. The maximum atomic E-state index is 6.16. The molecule has 0 aliphatic rings. The van der Waals surface area contributed by atoms with Crippen molar-refractivity contribution in [1.82, 2.24) is 14.8 Å². The number of hydrogen-bond acceptors (Lipinski definition) is 3. The van der Waals surface area contributed by atoms with Crippen LogP contribution >= 0.6 is 47.0 Å². The molecular formula is C17H15Cl3N4S. The molecule has 1 heterocycles. The zero-order chi connectivity index (χ0) is 18.4. The molecule has 0 aliphatic carbocycles. The standard InChI is InChI=1S/C15H10Cl3N3.C2H5NS/c16-11-3-1-10(2-4-11)7-15-19-9-21(20-15)14-6-5-12(17)8-13(14)18;1-2(3)4/h1-6,8-9H,7H2;1H3,(H2,3,4). The van der Waals surface area contributed by atoms with Crippen LogP contribution in [0.4, 0.5) is 0 Å². The van der Waals surface area contributed by atoms with Crippen LogP contribution in [0.5, 0.6) is 0 Å². The summed E-state index contributed by atoms with van der Waals surface area (Å²) in [6.45, 7) is 1.68. The number of benzene rings is 2. The van der Waals surface area contributed by atoms with Crippen molar-refractivity contribution in [3.8, 4) is 5.69 Å². The number of thiocarbonyl (C=S) groups is 1. The lowest BCUT2D eigenvalue weighted by Gasteiger charge is -2.03. The number of nitrogens with zero attached hydrogens (tertiary/aromatic N) is 3. The van der Waals surface area contributed by atoms with Gasteiger partial charge in [-0.25, -0.2) is 9.67 Å². The Kier molecular flexibility index (Phi) is 7.20. The van der Waals surface area contributed by atoms with Gasteiger partial charge in [0.1, 0.15) is 6.33 Å². The highest BCUT2D eigenvalue weighted by Gasteiger charge is 2.08. The number of hydrogen-bond donors (Lipinski definition) is 1. The minimum Gasteiger partial charge on any atom is -0.394 e. The monoisotopic (exact) mass is 412 g/mol. The lowest BCUT2D eigenvalue weighted by Crippen LogP contribution is -1.98. The Labute approximate surface area is 166 Å². The van der Waals surface area contributed by atoms with Crippen LogP contribution in [0.2, 0.25) is 15.1 Å². The summed E-state index contributed by atoms with van der Waals surface area (Å²) in [5, 5.41) is 6.27. The van der Waals surface area contributed by atoms with Crippen molar-refractivity contribution in [2.75, 3.05) is 0 Å². The molecule has 0 bridgehead atoms. The summed E-state index contributed by atoms with van der Waals surface area (Å²) in [5.74, 6) is 0.711. The molecule has 0 spiro atoms. The summed E-state index contributed by atoms with van der Waals surface area (Å²) in [6, 6.07) is 12.9. The molecule has 1 aromatic heterocycles. The van der Waals surface area contributed by atoms with Gasteiger partial charge in [-0.05, 0) is 42.8 Å². The summed E-state index contributed by atoms with van der Waals surface area (Å²) >= 11 is 22.2. The fraction of sp³-hybridized carbons (Fsp3) is 0.118. The third-order valence-corrected chi connectivity index (χ3v) is 3.76. The maximum Gasteiger partial charge on any atom is 0.155 e. The van der Waals surface area contributed by atoms with Crippen LogP contribution in [0.15, 0.2) is 48.8 Å². The number of nitrogens with two attached hydrogens (primary N) is 1. The molecule has 4 nitrogen and oxygen atoms in total. The maximum absolute atomic E-state index is 6.16. The molecule has 3 rings (SSSR count). The molecule has 0 fully saturated rings. The van der Waals surface area contributed by atoms with E-state index in [0.717, 1.165) is 11.3 Å². The first-order valence-corrected chi connectivity index (χ1v) is 8.76. The molecule has 3 aromatic rings. The van der Waals surface area contributed by atoms with E-state index in [1.54, 1.807) is 30.1 Å². The van der Waals surface area contributed by atoms with Gasteiger partial charge in [0.25, 0.3) is 0 Å². The summed E-state index contributed by atoms with van der Waals surface area (Å²) in [5.41, 5.74) is 6.69. The minimum absolute atomic E-state index is 0.500. The highest BCUT2D eigenvalue weighted by Crippen LogP contribution is 2.23. The molecule has 0 aliphatic heterocycles. The van der Waals surface area contributed by atoms with Crippen LogP contribution in [0.1, 0.15) is 18.3 Å². The summed E-state index contributed by atoms with van der Waals surface area (Å²) in [6.07, 6.45) is 2.27. The van der Waals surface area contributed by atoms with E-state index in [1.165, 1.54) is 0 Å². The lowest BCUT2D eigenvalue weighted by atomic mass is 10.1. The van der Waals surface area contributed by atoms with Crippen LogP contribution in [0, 0.1) is 0 Å². The predicted octanol–water partition coefficient (Wildman–Crippen LogP) is 5.11. The van der Waals surface area contributed by atoms with Gasteiger partial charge in [0.05, 0.1) is 15.7 Å². The van der Waals surface area contributed by atoms with E-state index < -0.39 is 0 Å². The first-order chi connectivity index (χ1) is 11.8. The van der Waals surface area contributed by atoms with Gasteiger partial charge in [-0.15, -0.1) is 0 Å². The molecule has 0 amide bonds. The van der Waals surface area contributed by atoms with E-state index in [0.29, 0.717) is 32.3 Å². The third-order valence-electron chi connectivity index (χ3n) is 2.97. The van der Waals surface area contributed by atoms with Crippen LogP contribution in [0.3, 0.4) is 0 Å². The number of rotatable bonds is 3. The van der Waals surface area contributed by atoms with Gasteiger partial charge < -0.3 is 5.73 Å². The second-order valence-electron chi connectivity index (χ2n) is 5.11. The zero-order valence-electron chi connectivity index (χ0n) is 13.3. The van der Waals surface area contributed by atoms with E-state index >= 15 is 0 Å². The van der Waals surface area contributed by atoms with Crippen molar-refractivity contribution in [1.29, 1.82) is 0 Å². The first-order valence-electron chi connectivity index (χ1n) is 7.21. The van der Waals surface area contributed by atoms with Gasteiger partial charge in [0.2, 0.25) is 0 Å². The van der Waals surface area contributed by atoms with Crippen molar-refractivity contribution >= 4 is 52.0 Å². The van der Waals surface area contributed by atoms with Crippen LogP contribution in [-0.2, 0) is 6.42 Å². The van der Waals surface area contributed by atoms with Crippen LogP contribution < -0.4 is 5.73 Å². The number of aromatic nitrogens is 3.